The first kappa shape index (κ1) is 17.8. The molecule has 25 heavy (non-hydrogen) atoms. The number of amides is 1. The lowest BCUT2D eigenvalue weighted by Gasteiger charge is -2.34. The van der Waals surface area contributed by atoms with E-state index in [2.05, 4.69) is 4.98 Å². The van der Waals surface area contributed by atoms with E-state index in [-0.39, 0.29) is 18.0 Å². The standard InChI is InChI=1S/C17H23N3O4S/c1-17(2,3)24-16(21)19-8-10-20(11-9-19)25(22,23)14-5-4-13-6-7-18-15(13)12-14/h4-7,12,18H,8-11H2,1-3H3. The van der Waals surface area contributed by atoms with E-state index in [0.717, 1.165) is 10.9 Å². The molecule has 0 spiro atoms. The number of carbonyl (C=O) groups is 1. The summed E-state index contributed by atoms with van der Waals surface area (Å²) in [4.78, 5) is 16.9. The maximum absolute atomic E-state index is 12.8. The van der Waals surface area contributed by atoms with Crippen molar-refractivity contribution in [2.24, 2.45) is 0 Å². The van der Waals surface area contributed by atoms with E-state index in [4.69, 9.17) is 4.74 Å². The number of fused-ring (bicyclic) bond motifs is 1. The number of aromatic nitrogens is 1. The lowest BCUT2D eigenvalue weighted by molar-refractivity contribution is 0.0192. The molecule has 0 aliphatic carbocycles. The van der Waals surface area contributed by atoms with Crippen LogP contribution in [0.15, 0.2) is 35.4 Å². The van der Waals surface area contributed by atoms with Crippen LogP contribution in [-0.2, 0) is 14.8 Å². The largest absolute Gasteiger partial charge is 0.444 e. The topological polar surface area (TPSA) is 82.7 Å². The highest BCUT2D eigenvalue weighted by Gasteiger charge is 2.32. The quantitative estimate of drug-likeness (QED) is 0.886. The van der Waals surface area contributed by atoms with Gasteiger partial charge in [-0.15, -0.1) is 0 Å². The fourth-order valence-corrected chi connectivity index (χ4v) is 4.22. The van der Waals surface area contributed by atoms with Gasteiger partial charge in [0.05, 0.1) is 4.90 Å². The number of sulfonamides is 1. The fourth-order valence-electron chi connectivity index (χ4n) is 2.77. The molecular weight excluding hydrogens is 342 g/mol. The Morgan fingerprint density at radius 3 is 2.44 bits per heavy atom. The molecule has 1 saturated heterocycles. The first-order valence-electron chi connectivity index (χ1n) is 8.22. The summed E-state index contributed by atoms with van der Waals surface area (Å²) in [5.74, 6) is 0. The minimum Gasteiger partial charge on any atom is -0.444 e. The number of carbonyl (C=O) groups excluding carboxylic acids is 1. The monoisotopic (exact) mass is 365 g/mol. The Morgan fingerprint density at radius 1 is 1.12 bits per heavy atom. The van der Waals surface area contributed by atoms with E-state index in [1.54, 1.807) is 29.3 Å². The molecule has 0 radical (unpaired) electrons. The number of H-pyrrole nitrogens is 1. The molecule has 0 unspecified atom stereocenters. The lowest BCUT2D eigenvalue weighted by atomic mass is 10.2. The maximum atomic E-state index is 12.8. The zero-order valence-corrected chi connectivity index (χ0v) is 15.5. The summed E-state index contributed by atoms with van der Waals surface area (Å²) < 4.78 is 32.4. The van der Waals surface area contributed by atoms with Crippen molar-refractivity contribution in [3.63, 3.8) is 0 Å². The molecule has 1 aliphatic rings. The molecule has 0 bridgehead atoms. The molecule has 136 valence electrons. The summed E-state index contributed by atoms with van der Waals surface area (Å²) in [6, 6.07) is 6.94. The highest BCUT2D eigenvalue weighted by molar-refractivity contribution is 7.89. The van der Waals surface area contributed by atoms with E-state index >= 15 is 0 Å². The zero-order chi connectivity index (χ0) is 18.2. The predicted molar refractivity (Wildman–Crippen MR) is 94.9 cm³/mol. The molecular formula is C17H23N3O4S. The van der Waals surface area contributed by atoms with Crippen molar-refractivity contribution in [3.05, 3.63) is 30.5 Å². The molecule has 1 fully saturated rings. The third-order valence-corrected chi connectivity index (χ3v) is 5.95. The number of benzene rings is 1. The second-order valence-corrected chi connectivity index (χ2v) is 9.04. The molecule has 2 heterocycles. The number of aromatic amines is 1. The molecule has 1 amide bonds. The van der Waals surface area contributed by atoms with Crippen molar-refractivity contribution >= 4 is 27.0 Å². The van der Waals surface area contributed by atoms with Gasteiger partial charge < -0.3 is 14.6 Å². The number of rotatable bonds is 2. The molecule has 0 saturated carbocycles. The molecule has 7 nitrogen and oxygen atoms in total. The van der Waals surface area contributed by atoms with Crippen molar-refractivity contribution < 1.29 is 17.9 Å². The van der Waals surface area contributed by atoms with Crippen LogP contribution in [0.25, 0.3) is 10.9 Å². The van der Waals surface area contributed by atoms with Crippen LogP contribution in [0.3, 0.4) is 0 Å². The van der Waals surface area contributed by atoms with Crippen molar-refractivity contribution in [2.75, 3.05) is 26.2 Å². The van der Waals surface area contributed by atoms with Crippen LogP contribution < -0.4 is 0 Å². The highest BCUT2D eigenvalue weighted by Crippen LogP contribution is 2.22. The van der Waals surface area contributed by atoms with Crippen molar-refractivity contribution in [3.8, 4) is 0 Å². The van der Waals surface area contributed by atoms with Crippen LogP contribution >= 0.6 is 0 Å². The summed E-state index contributed by atoms with van der Waals surface area (Å²) >= 11 is 0. The number of nitrogens with one attached hydrogen (secondary N) is 1. The van der Waals surface area contributed by atoms with Crippen molar-refractivity contribution in [1.29, 1.82) is 0 Å². The Kier molecular flexibility index (Phi) is 4.51. The van der Waals surface area contributed by atoms with Gasteiger partial charge in [-0.1, -0.05) is 6.07 Å². The molecule has 0 atom stereocenters. The van der Waals surface area contributed by atoms with Gasteiger partial charge in [-0.05, 0) is 44.4 Å². The van der Waals surface area contributed by atoms with Gasteiger partial charge in [0, 0.05) is 37.9 Å². The normalized spacial score (nSPS) is 17.0. The number of hydrogen-bond acceptors (Lipinski definition) is 4. The van der Waals surface area contributed by atoms with Crippen LogP contribution in [0.1, 0.15) is 20.8 Å². The second kappa shape index (κ2) is 6.34. The molecule has 3 rings (SSSR count). The molecule has 1 N–H and O–H groups in total. The summed E-state index contributed by atoms with van der Waals surface area (Å²) in [7, 11) is -3.58. The van der Waals surface area contributed by atoms with E-state index in [1.807, 2.05) is 26.8 Å². The van der Waals surface area contributed by atoms with E-state index < -0.39 is 21.7 Å². The molecule has 1 aliphatic heterocycles. The van der Waals surface area contributed by atoms with E-state index in [0.29, 0.717) is 13.1 Å². The minimum absolute atomic E-state index is 0.254. The average Bonchev–Trinajstić information content (AvgIpc) is 3.01. The summed E-state index contributed by atoms with van der Waals surface area (Å²) in [5, 5.41) is 0.966. The highest BCUT2D eigenvalue weighted by atomic mass is 32.2. The number of piperazine rings is 1. The van der Waals surface area contributed by atoms with Gasteiger partial charge in [-0.2, -0.15) is 4.31 Å². The number of hydrogen-bond donors (Lipinski definition) is 1. The minimum atomic E-state index is -3.58. The molecule has 2 aromatic rings. The Balaban J connectivity index is 1.70. The summed E-state index contributed by atoms with van der Waals surface area (Å²) in [6.45, 7) is 6.57. The van der Waals surface area contributed by atoms with Crippen LogP contribution in [0, 0.1) is 0 Å². The van der Waals surface area contributed by atoms with Gasteiger partial charge in [0.1, 0.15) is 5.60 Å². The van der Waals surface area contributed by atoms with Crippen LogP contribution in [-0.4, -0.2) is 60.5 Å². The maximum Gasteiger partial charge on any atom is 0.410 e. The molecule has 8 heteroatoms. The lowest BCUT2D eigenvalue weighted by Crippen LogP contribution is -2.51. The first-order chi connectivity index (χ1) is 11.7. The Hall–Kier alpha value is -2.06. The number of nitrogens with zero attached hydrogens (tertiary/aromatic N) is 2. The third-order valence-electron chi connectivity index (χ3n) is 4.05. The van der Waals surface area contributed by atoms with Crippen molar-refractivity contribution in [1.82, 2.24) is 14.2 Å². The Labute approximate surface area is 147 Å². The van der Waals surface area contributed by atoms with Gasteiger partial charge >= 0.3 is 6.09 Å². The van der Waals surface area contributed by atoms with E-state index in [9.17, 15) is 13.2 Å². The second-order valence-electron chi connectivity index (χ2n) is 7.10. The van der Waals surface area contributed by atoms with Gasteiger partial charge in [-0.25, -0.2) is 13.2 Å². The molecule has 1 aromatic carbocycles. The fraction of sp³-hybridized carbons (Fsp3) is 0.471. The number of ether oxygens (including phenoxy) is 1. The Morgan fingerprint density at radius 2 is 1.80 bits per heavy atom. The third kappa shape index (κ3) is 3.80. The Bertz CT molecular complexity index is 875. The first-order valence-corrected chi connectivity index (χ1v) is 9.66. The average molecular weight is 365 g/mol. The SMILES string of the molecule is CC(C)(C)OC(=O)N1CCN(S(=O)(=O)c2ccc3cc[nH]c3c2)CC1. The van der Waals surface area contributed by atoms with Crippen LogP contribution in [0.5, 0.6) is 0 Å². The summed E-state index contributed by atoms with van der Waals surface area (Å²) in [6.07, 6.45) is 1.37. The van der Waals surface area contributed by atoms with Gasteiger partial charge in [0.2, 0.25) is 10.0 Å². The zero-order valence-electron chi connectivity index (χ0n) is 14.7. The predicted octanol–water partition coefficient (Wildman–Crippen LogP) is 2.41. The van der Waals surface area contributed by atoms with Gasteiger partial charge in [0.15, 0.2) is 0 Å². The van der Waals surface area contributed by atoms with Gasteiger partial charge in [0.25, 0.3) is 0 Å². The van der Waals surface area contributed by atoms with Gasteiger partial charge in [-0.3, -0.25) is 0 Å². The van der Waals surface area contributed by atoms with Crippen LogP contribution in [0.4, 0.5) is 4.79 Å². The van der Waals surface area contributed by atoms with Crippen LogP contribution in [0.2, 0.25) is 0 Å². The smallest absolute Gasteiger partial charge is 0.410 e. The van der Waals surface area contributed by atoms with Crippen molar-refractivity contribution in [2.45, 2.75) is 31.3 Å². The molecule has 1 aromatic heterocycles. The van der Waals surface area contributed by atoms with E-state index in [1.165, 1.54) is 4.31 Å². The summed E-state index contributed by atoms with van der Waals surface area (Å²) in [5.41, 5.74) is 0.222.